The number of nitrogens with zero attached hydrogens (tertiary/aromatic N) is 4. The number of rotatable bonds is 11. The fourth-order valence-electron chi connectivity index (χ4n) is 4.78. The summed E-state index contributed by atoms with van der Waals surface area (Å²) in [6, 6.07) is 21.4. The minimum Gasteiger partial charge on any atom is -0.478 e. The van der Waals surface area contributed by atoms with Crippen molar-refractivity contribution >= 4 is 33.5 Å². The predicted octanol–water partition coefficient (Wildman–Crippen LogP) is 7.54. The Hall–Kier alpha value is -5.20. The molecule has 0 saturated heterocycles. The van der Waals surface area contributed by atoms with E-state index in [9.17, 15) is 8.42 Å². The smallest absolute Gasteiger partial charge is 0.264 e. The van der Waals surface area contributed by atoms with Crippen LogP contribution in [0.25, 0.3) is 33.8 Å². The predicted molar refractivity (Wildman–Crippen MR) is 175 cm³/mol. The maximum absolute atomic E-state index is 13.7. The Bertz CT molecular complexity index is 2100. The topological polar surface area (TPSA) is 145 Å². The van der Waals surface area contributed by atoms with Gasteiger partial charge in [0.2, 0.25) is 23.6 Å². The molecular formula is C33H29ClN6O5S. The monoisotopic (exact) mass is 656 g/mol. The number of aryl methyl sites for hydroxylation is 1. The molecule has 3 aromatic carbocycles. The van der Waals surface area contributed by atoms with Gasteiger partial charge in [0.1, 0.15) is 6.26 Å². The van der Waals surface area contributed by atoms with Crippen molar-refractivity contribution in [1.29, 1.82) is 0 Å². The van der Waals surface area contributed by atoms with E-state index < -0.39 is 10.0 Å². The van der Waals surface area contributed by atoms with Gasteiger partial charge in [-0.25, -0.2) is 23.1 Å². The summed E-state index contributed by atoms with van der Waals surface area (Å²) in [7, 11) is -4.08. The van der Waals surface area contributed by atoms with E-state index in [4.69, 9.17) is 30.3 Å². The molecule has 0 fully saturated rings. The molecule has 2 N–H and O–H groups in total. The molecule has 0 spiro atoms. The van der Waals surface area contributed by atoms with Crippen molar-refractivity contribution in [2.24, 2.45) is 0 Å². The Morgan fingerprint density at radius 2 is 1.72 bits per heavy atom. The van der Waals surface area contributed by atoms with E-state index in [2.05, 4.69) is 25.2 Å². The molecule has 3 aromatic heterocycles. The molecule has 0 amide bonds. The number of ether oxygens (including phenoxy) is 1. The molecule has 0 aliphatic heterocycles. The SMILES string of the molecule is CCOc1cc(-c2ccc(Cl)cc2)nc(NCc2cc(-c3ncco3)ccc2-c2ccccc2S(=O)(=O)Nc2onc(C)c2C)n1. The second-order valence-corrected chi connectivity index (χ2v) is 12.3. The molecule has 0 atom stereocenters. The van der Waals surface area contributed by atoms with Gasteiger partial charge in [-0.15, -0.1) is 0 Å². The highest BCUT2D eigenvalue weighted by Crippen LogP contribution is 2.35. The highest BCUT2D eigenvalue weighted by molar-refractivity contribution is 7.92. The van der Waals surface area contributed by atoms with Crippen LogP contribution in [0.2, 0.25) is 5.02 Å². The number of halogens is 1. The molecule has 0 unspecified atom stereocenters. The van der Waals surface area contributed by atoms with E-state index >= 15 is 0 Å². The third-order valence-corrected chi connectivity index (χ3v) is 8.85. The molecule has 0 saturated carbocycles. The standard InChI is InChI=1S/C33H29ClN6O5S/c1-4-43-30-18-28(22-9-12-25(34)13-10-22)37-33(38-30)36-19-24-17-23(32-35-15-16-44-32)11-14-26(24)27-7-5-6-8-29(27)46(41,42)40-31-20(2)21(3)39-45-31/h5-18,40H,4,19H2,1-3H3,(H,36,37,38). The average molecular weight is 657 g/mol. The van der Waals surface area contributed by atoms with Crippen LogP contribution in [-0.4, -0.2) is 35.1 Å². The molecule has 0 aliphatic carbocycles. The van der Waals surface area contributed by atoms with Gasteiger partial charge in [0, 0.05) is 39.9 Å². The number of nitrogens with one attached hydrogen (secondary N) is 2. The Morgan fingerprint density at radius 1 is 0.935 bits per heavy atom. The highest BCUT2D eigenvalue weighted by atomic mass is 35.5. The Kier molecular flexibility index (Phi) is 8.73. The lowest BCUT2D eigenvalue weighted by Gasteiger charge is -2.16. The Morgan fingerprint density at radius 3 is 2.43 bits per heavy atom. The summed E-state index contributed by atoms with van der Waals surface area (Å²) in [4.78, 5) is 13.6. The van der Waals surface area contributed by atoms with E-state index in [1.165, 1.54) is 6.26 Å². The third kappa shape index (κ3) is 6.58. The third-order valence-electron chi connectivity index (χ3n) is 7.21. The van der Waals surface area contributed by atoms with Gasteiger partial charge >= 0.3 is 0 Å². The van der Waals surface area contributed by atoms with Crippen molar-refractivity contribution in [2.75, 3.05) is 16.6 Å². The van der Waals surface area contributed by atoms with Crippen LogP contribution in [0.4, 0.5) is 11.8 Å². The zero-order valence-electron chi connectivity index (χ0n) is 25.1. The Balaban J connectivity index is 1.40. The molecule has 46 heavy (non-hydrogen) atoms. The first-order valence-electron chi connectivity index (χ1n) is 14.3. The van der Waals surface area contributed by atoms with Crippen LogP contribution in [-0.2, 0) is 16.6 Å². The number of hydrogen-bond donors (Lipinski definition) is 2. The summed E-state index contributed by atoms with van der Waals surface area (Å²) >= 11 is 6.10. The van der Waals surface area contributed by atoms with Gasteiger partial charge in [-0.1, -0.05) is 53.2 Å². The lowest BCUT2D eigenvalue weighted by Crippen LogP contribution is -2.15. The van der Waals surface area contributed by atoms with Crippen LogP contribution in [0.1, 0.15) is 23.7 Å². The first-order chi connectivity index (χ1) is 22.2. The van der Waals surface area contributed by atoms with Gasteiger partial charge in [0.15, 0.2) is 0 Å². The zero-order valence-corrected chi connectivity index (χ0v) is 26.7. The van der Waals surface area contributed by atoms with E-state index in [0.717, 1.165) is 11.1 Å². The quantitative estimate of drug-likeness (QED) is 0.143. The second kappa shape index (κ2) is 13.0. The minimum absolute atomic E-state index is 0.0631. The van der Waals surface area contributed by atoms with E-state index in [1.807, 2.05) is 37.3 Å². The average Bonchev–Trinajstić information content (AvgIpc) is 3.71. The van der Waals surface area contributed by atoms with Crippen LogP contribution < -0.4 is 14.8 Å². The molecule has 3 heterocycles. The van der Waals surface area contributed by atoms with E-state index in [0.29, 0.717) is 63.0 Å². The summed E-state index contributed by atoms with van der Waals surface area (Å²) in [5.41, 5.74) is 5.27. The summed E-state index contributed by atoms with van der Waals surface area (Å²) in [5, 5.41) is 7.79. The van der Waals surface area contributed by atoms with Crippen molar-refractivity contribution in [3.8, 4) is 39.7 Å². The summed E-state index contributed by atoms with van der Waals surface area (Å²) in [6.07, 6.45) is 3.06. The molecule has 13 heteroatoms. The molecule has 0 radical (unpaired) electrons. The second-order valence-electron chi connectivity index (χ2n) is 10.2. The number of sulfonamides is 1. The van der Waals surface area contributed by atoms with Gasteiger partial charge in [0.05, 0.1) is 29.1 Å². The number of oxazole rings is 1. The minimum atomic E-state index is -4.08. The van der Waals surface area contributed by atoms with Gasteiger partial charge in [-0.3, -0.25) is 0 Å². The fraction of sp³-hybridized carbons (Fsp3) is 0.152. The summed E-state index contributed by atoms with van der Waals surface area (Å²) in [6.45, 7) is 6.00. The largest absolute Gasteiger partial charge is 0.478 e. The van der Waals surface area contributed by atoms with Crippen molar-refractivity contribution < 1.29 is 22.1 Å². The molecule has 0 aliphatic rings. The van der Waals surface area contributed by atoms with E-state index in [1.54, 1.807) is 62.5 Å². The van der Waals surface area contributed by atoms with Crippen LogP contribution >= 0.6 is 11.6 Å². The van der Waals surface area contributed by atoms with Crippen LogP contribution in [0.15, 0.2) is 99.1 Å². The molecule has 11 nitrogen and oxygen atoms in total. The molecule has 6 rings (SSSR count). The summed E-state index contributed by atoms with van der Waals surface area (Å²) < 4.78 is 46.5. The van der Waals surface area contributed by atoms with Crippen LogP contribution in [0.5, 0.6) is 5.88 Å². The molecule has 0 bridgehead atoms. The number of anilines is 2. The van der Waals surface area contributed by atoms with Crippen molar-refractivity contribution in [3.05, 3.63) is 107 Å². The molecule has 6 aromatic rings. The number of hydrogen-bond acceptors (Lipinski definition) is 10. The van der Waals surface area contributed by atoms with E-state index in [-0.39, 0.29) is 17.3 Å². The van der Waals surface area contributed by atoms with Crippen molar-refractivity contribution in [1.82, 2.24) is 20.1 Å². The van der Waals surface area contributed by atoms with Gasteiger partial charge in [-0.2, -0.15) is 4.98 Å². The normalized spacial score (nSPS) is 11.4. The maximum Gasteiger partial charge on any atom is 0.264 e. The number of aromatic nitrogens is 4. The first-order valence-corrected chi connectivity index (χ1v) is 16.2. The maximum atomic E-state index is 13.7. The van der Waals surface area contributed by atoms with Crippen molar-refractivity contribution in [3.63, 3.8) is 0 Å². The highest BCUT2D eigenvalue weighted by Gasteiger charge is 2.24. The lowest BCUT2D eigenvalue weighted by molar-refractivity contribution is 0.327. The number of benzene rings is 3. The molecule has 234 valence electrons. The zero-order chi connectivity index (χ0) is 32.3. The van der Waals surface area contributed by atoms with Gasteiger partial charge in [-0.05, 0) is 62.2 Å². The first kappa shape index (κ1) is 30.8. The van der Waals surface area contributed by atoms with Crippen molar-refractivity contribution in [2.45, 2.75) is 32.2 Å². The van der Waals surface area contributed by atoms with Gasteiger partial charge in [0.25, 0.3) is 10.0 Å². The molecular weight excluding hydrogens is 628 g/mol. The summed E-state index contributed by atoms with van der Waals surface area (Å²) in [5.74, 6) is 1.21. The Labute approximate surface area is 270 Å². The lowest BCUT2D eigenvalue weighted by atomic mass is 9.97. The van der Waals surface area contributed by atoms with Crippen LogP contribution in [0, 0.1) is 13.8 Å². The fourth-order valence-corrected chi connectivity index (χ4v) is 6.18. The van der Waals surface area contributed by atoms with Crippen LogP contribution in [0.3, 0.4) is 0 Å². The van der Waals surface area contributed by atoms with Gasteiger partial charge < -0.3 is 19.0 Å².